The molecule has 5 heteroatoms. The second-order valence-electron chi connectivity index (χ2n) is 6.15. The number of rotatable bonds is 7. The van der Waals surface area contributed by atoms with Gasteiger partial charge in [-0.05, 0) is 55.8 Å². The van der Waals surface area contributed by atoms with Gasteiger partial charge < -0.3 is 9.05 Å². The van der Waals surface area contributed by atoms with E-state index in [2.05, 4.69) is 5.73 Å². The van der Waals surface area contributed by atoms with Gasteiger partial charge in [0.1, 0.15) is 11.5 Å². The average Bonchev–Trinajstić information content (AvgIpc) is 2.69. The van der Waals surface area contributed by atoms with E-state index in [4.69, 9.17) is 9.05 Å². The van der Waals surface area contributed by atoms with E-state index in [0.29, 0.717) is 16.1 Å². The van der Waals surface area contributed by atoms with Gasteiger partial charge in [-0.2, -0.15) is 0 Å². The maximum Gasteiger partial charge on any atom is 0.477 e. The van der Waals surface area contributed by atoms with Crippen molar-refractivity contribution in [1.29, 1.82) is 0 Å². The highest BCUT2D eigenvalue weighted by Gasteiger charge is 2.35. The van der Waals surface area contributed by atoms with Crippen molar-refractivity contribution in [3.05, 3.63) is 107 Å². The van der Waals surface area contributed by atoms with Crippen LogP contribution in [0.2, 0.25) is 0 Å². The molecule has 0 aliphatic heterocycles. The maximum atomic E-state index is 14.0. The highest BCUT2D eigenvalue weighted by molar-refractivity contribution is 8.10. The summed E-state index contributed by atoms with van der Waals surface area (Å²) in [5.41, 5.74) is 4.07. The van der Waals surface area contributed by atoms with Gasteiger partial charge in [0.25, 0.3) is 0 Å². The van der Waals surface area contributed by atoms with E-state index in [1.807, 2.05) is 80.6 Å². The summed E-state index contributed by atoms with van der Waals surface area (Å²) in [7, 11) is -3.74. The fraction of sp³-hybridized carbons (Fsp3) is 0.0870. The molecular formula is C23H21O3PS. The minimum atomic E-state index is -3.74. The predicted octanol–water partition coefficient (Wildman–Crippen LogP) is 7.54. The lowest BCUT2D eigenvalue weighted by Gasteiger charge is -2.21. The van der Waals surface area contributed by atoms with Crippen LogP contribution in [-0.2, 0) is 4.57 Å². The quantitative estimate of drug-likeness (QED) is 0.230. The van der Waals surface area contributed by atoms with E-state index in [-0.39, 0.29) is 0 Å². The Labute approximate surface area is 170 Å². The Kier molecular flexibility index (Phi) is 6.84. The van der Waals surface area contributed by atoms with E-state index in [0.717, 1.165) is 10.5 Å². The molecule has 142 valence electrons. The Morgan fingerprint density at radius 1 is 0.750 bits per heavy atom. The fourth-order valence-corrected chi connectivity index (χ4v) is 5.43. The predicted molar refractivity (Wildman–Crippen MR) is 116 cm³/mol. The Morgan fingerprint density at radius 2 is 1.18 bits per heavy atom. The normalized spacial score (nSPS) is 10.6. The standard InChI is InChI=1S/C23H21O3PS/c1-19(2)18-23(28-22-16-10-5-11-17-22)27(24,25-20-12-6-3-7-13-20)26-21-14-8-4-9-15-21/h3-17H,1-2H3. The smallest absolute Gasteiger partial charge is 0.412 e. The van der Waals surface area contributed by atoms with Gasteiger partial charge in [0, 0.05) is 4.90 Å². The summed E-state index contributed by atoms with van der Waals surface area (Å²) in [6, 6.07) is 27.8. The SMILES string of the molecule is CC(C)=C=C(Sc1ccccc1)P(=O)(Oc1ccccc1)Oc1ccccc1. The van der Waals surface area contributed by atoms with Crippen molar-refractivity contribution in [2.24, 2.45) is 0 Å². The summed E-state index contributed by atoms with van der Waals surface area (Å²) < 4.78 is 26.3. The number of hydrogen-bond donors (Lipinski definition) is 0. The molecule has 3 rings (SSSR count). The molecule has 0 heterocycles. The summed E-state index contributed by atoms with van der Waals surface area (Å²) in [5.74, 6) is 0.951. The van der Waals surface area contributed by atoms with Crippen LogP contribution in [-0.4, -0.2) is 0 Å². The topological polar surface area (TPSA) is 35.5 Å². The zero-order valence-electron chi connectivity index (χ0n) is 15.7. The van der Waals surface area contributed by atoms with Crippen LogP contribution >= 0.6 is 19.4 Å². The lowest BCUT2D eigenvalue weighted by molar-refractivity contribution is 0.397. The van der Waals surface area contributed by atoms with Crippen LogP contribution in [0.1, 0.15) is 13.8 Å². The van der Waals surface area contributed by atoms with Crippen LogP contribution in [0.3, 0.4) is 0 Å². The second kappa shape index (κ2) is 9.52. The number of hydrogen-bond acceptors (Lipinski definition) is 4. The fourth-order valence-electron chi connectivity index (χ4n) is 2.31. The molecule has 0 radical (unpaired) electrons. The molecule has 3 aromatic rings. The first-order valence-electron chi connectivity index (χ1n) is 8.82. The maximum absolute atomic E-state index is 14.0. The van der Waals surface area contributed by atoms with E-state index >= 15 is 0 Å². The Morgan fingerprint density at radius 3 is 1.61 bits per heavy atom. The van der Waals surface area contributed by atoms with Crippen LogP contribution < -0.4 is 9.05 Å². The molecule has 0 saturated heterocycles. The van der Waals surface area contributed by atoms with Gasteiger partial charge in [-0.15, -0.1) is 0 Å². The number of para-hydroxylation sites is 2. The van der Waals surface area contributed by atoms with Gasteiger partial charge in [0.2, 0.25) is 0 Å². The van der Waals surface area contributed by atoms with Crippen molar-refractivity contribution in [3.8, 4) is 11.5 Å². The Hall–Kier alpha value is -2.64. The van der Waals surface area contributed by atoms with Crippen molar-refractivity contribution in [2.45, 2.75) is 18.7 Å². The summed E-state index contributed by atoms with van der Waals surface area (Å²) in [6.07, 6.45) is 0. The first kappa shape index (κ1) is 20.1. The zero-order valence-corrected chi connectivity index (χ0v) is 17.5. The van der Waals surface area contributed by atoms with Crippen molar-refractivity contribution in [2.75, 3.05) is 0 Å². The molecule has 3 nitrogen and oxygen atoms in total. The average molecular weight is 408 g/mol. The van der Waals surface area contributed by atoms with E-state index < -0.39 is 7.60 Å². The van der Waals surface area contributed by atoms with Crippen molar-refractivity contribution in [3.63, 3.8) is 0 Å². The minimum Gasteiger partial charge on any atom is -0.412 e. The van der Waals surface area contributed by atoms with Gasteiger partial charge >= 0.3 is 7.60 Å². The summed E-state index contributed by atoms with van der Waals surface area (Å²) in [6.45, 7) is 3.81. The lowest BCUT2D eigenvalue weighted by atomic mass is 10.3. The largest absolute Gasteiger partial charge is 0.477 e. The van der Waals surface area contributed by atoms with Crippen LogP contribution in [0.25, 0.3) is 0 Å². The summed E-state index contributed by atoms with van der Waals surface area (Å²) >= 11 is 1.33. The highest BCUT2D eigenvalue weighted by Crippen LogP contribution is 2.60. The van der Waals surface area contributed by atoms with Crippen LogP contribution in [0.4, 0.5) is 0 Å². The van der Waals surface area contributed by atoms with Crippen molar-refractivity contribution >= 4 is 19.4 Å². The number of thioether (sulfide) groups is 1. The van der Waals surface area contributed by atoms with Crippen molar-refractivity contribution < 1.29 is 13.6 Å². The van der Waals surface area contributed by atoms with Crippen LogP contribution in [0.15, 0.2) is 112 Å². The Bertz CT molecular complexity index is 962. The molecule has 0 bridgehead atoms. The van der Waals surface area contributed by atoms with Gasteiger partial charge in [0.15, 0.2) is 4.65 Å². The van der Waals surface area contributed by atoms with Gasteiger partial charge in [-0.1, -0.05) is 72.1 Å². The molecular weight excluding hydrogens is 387 g/mol. The van der Waals surface area contributed by atoms with Gasteiger partial charge in [-0.25, -0.2) is 4.57 Å². The molecule has 0 spiro atoms. The molecule has 0 atom stereocenters. The van der Waals surface area contributed by atoms with Gasteiger partial charge in [0.05, 0.1) is 0 Å². The third-order valence-corrected chi connectivity index (χ3v) is 6.76. The molecule has 0 amide bonds. The van der Waals surface area contributed by atoms with E-state index in [9.17, 15) is 4.57 Å². The van der Waals surface area contributed by atoms with Crippen LogP contribution in [0, 0.1) is 0 Å². The third-order valence-electron chi connectivity index (χ3n) is 3.50. The first-order chi connectivity index (χ1) is 13.5. The molecule has 3 aromatic carbocycles. The zero-order chi connectivity index (χ0) is 19.8. The van der Waals surface area contributed by atoms with E-state index in [1.165, 1.54) is 11.8 Å². The molecule has 0 aromatic heterocycles. The molecule has 0 aliphatic rings. The highest BCUT2D eigenvalue weighted by atomic mass is 32.2. The molecule has 0 N–H and O–H groups in total. The summed E-state index contributed by atoms with van der Waals surface area (Å²) in [4.78, 5) is 0.930. The van der Waals surface area contributed by atoms with E-state index in [1.54, 1.807) is 24.3 Å². The lowest BCUT2D eigenvalue weighted by Crippen LogP contribution is -2.02. The molecule has 0 saturated carbocycles. The molecule has 0 unspecified atom stereocenters. The van der Waals surface area contributed by atoms with Crippen LogP contribution in [0.5, 0.6) is 11.5 Å². The Balaban J connectivity index is 2.06. The first-order valence-corrected chi connectivity index (χ1v) is 11.2. The van der Waals surface area contributed by atoms with Crippen molar-refractivity contribution in [1.82, 2.24) is 0 Å². The monoisotopic (exact) mass is 408 g/mol. The minimum absolute atomic E-state index is 0.409. The molecule has 28 heavy (non-hydrogen) atoms. The third kappa shape index (κ3) is 5.68. The second-order valence-corrected chi connectivity index (χ2v) is 9.35. The van der Waals surface area contributed by atoms with Gasteiger partial charge in [-0.3, -0.25) is 0 Å². The number of allylic oxidation sites excluding steroid dienone is 1. The number of benzene rings is 3. The molecule has 0 aliphatic carbocycles. The molecule has 0 fully saturated rings. The summed E-state index contributed by atoms with van der Waals surface area (Å²) in [5, 5.41) is 0.